The number of carbonyl (C=O) groups is 1. The van der Waals surface area contributed by atoms with Gasteiger partial charge < -0.3 is 5.32 Å². The SMILES string of the molecule is O=C(NC1CC1c1ccccc1)c1cnn(-c2ccc(F)cc2)c1C(F)(F)F. The Morgan fingerprint density at radius 1 is 1.07 bits per heavy atom. The van der Waals surface area contributed by atoms with Gasteiger partial charge in [-0.25, -0.2) is 9.07 Å². The van der Waals surface area contributed by atoms with Gasteiger partial charge >= 0.3 is 6.18 Å². The largest absolute Gasteiger partial charge is 0.434 e. The van der Waals surface area contributed by atoms with Crippen LogP contribution in [0, 0.1) is 5.82 Å². The molecule has 3 aromatic rings. The Labute approximate surface area is 157 Å². The molecule has 1 heterocycles. The van der Waals surface area contributed by atoms with Crippen LogP contribution in [0.15, 0.2) is 60.8 Å². The molecule has 144 valence electrons. The number of nitrogens with one attached hydrogen (secondary N) is 1. The molecule has 1 aromatic heterocycles. The summed E-state index contributed by atoms with van der Waals surface area (Å²) in [6.45, 7) is 0. The van der Waals surface area contributed by atoms with Crippen LogP contribution in [0.4, 0.5) is 17.6 Å². The predicted molar refractivity (Wildman–Crippen MR) is 93.6 cm³/mol. The van der Waals surface area contributed by atoms with Gasteiger partial charge in [0.2, 0.25) is 0 Å². The molecule has 1 aliphatic rings. The van der Waals surface area contributed by atoms with Crippen molar-refractivity contribution in [2.45, 2.75) is 24.6 Å². The number of benzene rings is 2. The number of rotatable bonds is 4. The van der Waals surface area contributed by atoms with Gasteiger partial charge in [0.1, 0.15) is 5.82 Å². The quantitative estimate of drug-likeness (QED) is 0.676. The van der Waals surface area contributed by atoms with E-state index in [1.165, 1.54) is 12.1 Å². The second-order valence-electron chi connectivity index (χ2n) is 6.63. The van der Waals surface area contributed by atoms with E-state index in [1.54, 1.807) is 0 Å². The van der Waals surface area contributed by atoms with E-state index in [9.17, 15) is 22.4 Å². The molecule has 8 heteroatoms. The molecule has 1 N–H and O–H groups in total. The van der Waals surface area contributed by atoms with Crippen molar-refractivity contribution < 1.29 is 22.4 Å². The minimum Gasteiger partial charge on any atom is -0.349 e. The van der Waals surface area contributed by atoms with Crippen molar-refractivity contribution in [3.05, 3.63) is 83.4 Å². The zero-order valence-corrected chi connectivity index (χ0v) is 14.4. The first-order chi connectivity index (χ1) is 13.3. The molecule has 1 saturated carbocycles. The van der Waals surface area contributed by atoms with E-state index in [0.29, 0.717) is 11.1 Å². The van der Waals surface area contributed by atoms with Gasteiger partial charge in [-0.05, 0) is 36.2 Å². The van der Waals surface area contributed by atoms with Gasteiger partial charge in [-0.3, -0.25) is 4.79 Å². The van der Waals surface area contributed by atoms with Crippen LogP contribution in [-0.4, -0.2) is 21.7 Å². The van der Waals surface area contributed by atoms with Crippen molar-refractivity contribution in [1.29, 1.82) is 0 Å². The minimum absolute atomic E-state index is 0.0151. The lowest BCUT2D eigenvalue weighted by molar-refractivity contribution is -0.143. The molecule has 28 heavy (non-hydrogen) atoms. The third kappa shape index (κ3) is 3.49. The van der Waals surface area contributed by atoms with E-state index in [2.05, 4.69) is 10.4 Å². The number of halogens is 4. The number of hydrogen-bond donors (Lipinski definition) is 1. The first-order valence-electron chi connectivity index (χ1n) is 8.61. The Kier molecular flexibility index (Phi) is 4.41. The molecule has 4 rings (SSSR count). The second-order valence-corrected chi connectivity index (χ2v) is 6.63. The number of carbonyl (C=O) groups excluding carboxylic acids is 1. The summed E-state index contributed by atoms with van der Waals surface area (Å²) in [7, 11) is 0. The number of aromatic nitrogens is 2. The topological polar surface area (TPSA) is 46.9 Å². The third-order valence-electron chi connectivity index (χ3n) is 4.69. The lowest BCUT2D eigenvalue weighted by atomic mass is 10.1. The first-order valence-corrected chi connectivity index (χ1v) is 8.61. The molecule has 1 fully saturated rings. The fourth-order valence-electron chi connectivity index (χ4n) is 3.23. The maximum atomic E-state index is 13.6. The molecular weight excluding hydrogens is 374 g/mol. The molecule has 0 aliphatic heterocycles. The lowest BCUT2D eigenvalue weighted by Gasteiger charge is -2.13. The van der Waals surface area contributed by atoms with Crippen LogP contribution in [0.3, 0.4) is 0 Å². The number of hydrogen-bond acceptors (Lipinski definition) is 2. The third-order valence-corrected chi connectivity index (χ3v) is 4.69. The van der Waals surface area contributed by atoms with Gasteiger partial charge in [0.05, 0.1) is 17.4 Å². The van der Waals surface area contributed by atoms with Gasteiger partial charge in [-0.1, -0.05) is 30.3 Å². The van der Waals surface area contributed by atoms with Crippen LogP contribution < -0.4 is 5.32 Å². The highest BCUT2D eigenvalue weighted by Gasteiger charge is 2.43. The molecule has 4 nitrogen and oxygen atoms in total. The maximum Gasteiger partial charge on any atom is 0.434 e. The Hall–Kier alpha value is -3.16. The van der Waals surface area contributed by atoms with E-state index in [1.807, 2.05) is 30.3 Å². The number of amides is 1. The van der Waals surface area contributed by atoms with Crippen molar-refractivity contribution in [3.63, 3.8) is 0 Å². The van der Waals surface area contributed by atoms with Crippen molar-refractivity contribution in [2.24, 2.45) is 0 Å². The van der Waals surface area contributed by atoms with E-state index in [4.69, 9.17) is 0 Å². The zero-order chi connectivity index (χ0) is 19.9. The van der Waals surface area contributed by atoms with Gasteiger partial charge in [-0.15, -0.1) is 0 Å². The summed E-state index contributed by atoms with van der Waals surface area (Å²) < 4.78 is 54.6. The summed E-state index contributed by atoms with van der Waals surface area (Å²) in [4.78, 5) is 12.5. The van der Waals surface area contributed by atoms with Gasteiger partial charge in [0.15, 0.2) is 5.69 Å². The molecular formula is C20H15F4N3O. The highest BCUT2D eigenvalue weighted by molar-refractivity contribution is 5.96. The predicted octanol–water partition coefficient (Wildman–Crippen LogP) is 4.32. The summed E-state index contributed by atoms with van der Waals surface area (Å²) in [6, 6.07) is 13.7. The molecule has 0 bridgehead atoms. The van der Waals surface area contributed by atoms with E-state index in [0.717, 1.165) is 23.9 Å². The monoisotopic (exact) mass is 389 g/mol. The zero-order valence-electron chi connectivity index (χ0n) is 14.4. The minimum atomic E-state index is -4.81. The van der Waals surface area contributed by atoms with Crippen LogP contribution >= 0.6 is 0 Å². The standard InChI is InChI=1S/C20H15F4N3O/c21-13-6-8-14(9-7-13)27-18(20(22,23)24)16(11-25-27)19(28)26-17-10-15(17)12-4-2-1-3-5-12/h1-9,11,15,17H,10H2,(H,26,28). The van der Waals surface area contributed by atoms with Crippen LogP contribution in [0.5, 0.6) is 0 Å². The normalized spacial score (nSPS) is 18.7. The molecule has 2 unspecified atom stereocenters. The fourth-order valence-corrected chi connectivity index (χ4v) is 3.23. The number of nitrogens with zero attached hydrogens (tertiary/aromatic N) is 2. The molecule has 0 saturated heterocycles. The first kappa shape index (κ1) is 18.2. The summed E-state index contributed by atoms with van der Waals surface area (Å²) in [5.41, 5.74) is -0.698. The molecule has 2 aromatic carbocycles. The Balaban J connectivity index is 1.59. The highest BCUT2D eigenvalue weighted by Crippen LogP contribution is 2.41. The smallest absolute Gasteiger partial charge is 0.349 e. The van der Waals surface area contributed by atoms with Crippen molar-refractivity contribution in [3.8, 4) is 5.69 Å². The van der Waals surface area contributed by atoms with E-state index >= 15 is 0 Å². The molecule has 1 amide bonds. The molecule has 2 atom stereocenters. The van der Waals surface area contributed by atoms with Crippen molar-refractivity contribution in [2.75, 3.05) is 0 Å². The van der Waals surface area contributed by atoms with Gasteiger partial charge in [0.25, 0.3) is 5.91 Å². The van der Waals surface area contributed by atoms with Crippen molar-refractivity contribution in [1.82, 2.24) is 15.1 Å². The maximum absolute atomic E-state index is 13.6. The van der Waals surface area contributed by atoms with Crippen LogP contribution in [0.25, 0.3) is 5.69 Å². The van der Waals surface area contributed by atoms with Crippen LogP contribution in [-0.2, 0) is 6.18 Å². The van der Waals surface area contributed by atoms with Crippen LogP contribution in [0.1, 0.15) is 34.0 Å². The van der Waals surface area contributed by atoms with Crippen LogP contribution in [0.2, 0.25) is 0 Å². The molecule has 0 spiro atoms. The lowest BCUT2D eigenvalue weighted by Crippen LogP contribution is -2.29. The highest BCUT2D eigenvalue weighted by atomic mass is 19.4. The Bertz CT molecular complexity index is 997. The van der Waals surface area contributed by atoms with E-state index in [-0.39, 0.29) is 17.6 Å². The Morgan fingerprint density at radius 3 is 2.39 bits per heavy atom. The second kappa shape index (κ2) is 6.78. The number of alkyl halides is 3. The summed E-state index contributed by atoms with van der Waals surface area (Å²) in [6.07, 6.45) is -3.25. The van der Waals surface area contributed by atoms with Crippen molar-refractivity contribution >= 4 is 5.91 Å². The summed E-state index contributed by atoms with van der Waals surface area (Å²) in [5.74, 6) is -1.32. The average molecular weight is 389 g/mol. The fraction of sp³-hybridized carbons (Fsp3) is 0.200. The average Bonchev–Trinajstić information content (AvgIpc) is 3.26. The van der Waals surface area contributed by atoms with Gasteiger partial charge in [-0.2, -0.15) is 18.3 Å². The Morgan fingerprint density at radius 2 is 1.75 bits per heavy atom. The van der Waals surface area contributed by atoms with Gasteiger partial charge in [0, 0.05) is 12.0 Å². The van der Waals surface area contributed by atoms with E-state index < -0.39 is 29.2 Å². The molecule has 1 aliphatic carbocycles. The molecule has 0 radical (unpaired) electrons. The summed E-state index contributed by atoms with van der Waals surface area (Å²) >= 11 is 0. The summed E-state index contributed by atoms with van der Waals surface area (Å²) in [5, 5.41) is 6.37.